The van der Waals surface area contributed by atoms with Gasteiger partial charge in [0.15, 0.2) is 0 Å². The highest BCUT2D eigenvalue weighted by Gasteiger charge is 2.30. The zero-order chi connectivity index (χ0) is 30.0. The lowest BCUT2D eigenvalue weighted by Gasteiger charge is -2.36. The highest BCUT2D eigenvalue weighted by atomic mass is 35.5. The first-order valence-electron chi connectivity index (χ1n) is 15.7. The third-order valence-electron chi connectivity index (χ3n) is 8.62. The smallest absolute Gasteiger partial charge is 0.410 e. The van der Waals surface area contributed by atoms with E-state index in [4.69, 9.17) is 21.3 Å². The first-order chi connectivity index (χ1) is 21.0. The Morgan fingerprint density at radius 3 is 2.58 bits per heavy atom. The fourth-order valence-corrected chi connectivity index (χ4v) is 6.12. The molecular weight excluding hydrogens is 564 g/mol. The van der Waals surface area contributed by atoms with Crippen molar-refractivity contribution in [1.29, 1.82) is 0 Å². The van der Waals surface area contributed by atoms with Crippen LogP contribution in [-0.2, 0) is 29.6 Å². The molecule has 1 amide bonds. The molecule has 3 aromatic rings. The Hall–Kier alpha value is -3.46. The summed E-state index contributed by atoms with van der Waals surface area (Å²) >= 11 is 6.58. The summed E-state index contributed by atoms with van der Waals surface area (Å²) < 4.78 is 7.69. The summed E-state index contributed by atoms with van der Waals surface area (Å²) in [6, 6.07) is 10.1. The Balaban J connectivity index is 1.18. The molecule has 2 saturated carbocycles. The van der Waals surface area contributed by atoms with E-state index >= 15 is 0 Å². The summed E-state index contributed by atoms with van der Waals surface area (Å²) in [4.78, 5) is 35.1. The molecule has 0 aliphatic heterocycles. The van der Waals surface area contributed by atoms with Gasteiger partial charge in [-0.2, -0.15) is 5.10 Å². The number of aldehydes is 1. The number of unbranched alkanes of at least 4 members (excludes halogenated alkanes) is 4. The van der Waals surface area contributed by atoms with Gasteiger partial charge >= 0.3 is 6.09 Å². The molecule has 2 aliphatic carbocycles. The normalized spacial score (nSPS) is 18.3. The van der Waals surface area contributed by atoms with Crippen LogP contribution in [0.15, 0.2) is 42.7 Å². The van der Waals surface area contributed by atoms with E-state index in [1.165, 1.54) is 12.8 Å². The minimum atomic E-state index is -0.252. The Morgan fingerprint density at radius 1 is 1.07 bits per heavy atom. The second-order valence-electron chi connectivity index (χ2n) is 11.9. The van der Waals surface area contributed by atoms with Crippen molar-refractivity contribution in [3.63, 3.8) is 0 Å². The molecule has 0 unspecified atom stereocenters. The number of carbonyl (C=O) groups excluding carboxylic acids is 2. The number of aryl methyl sites for hydroxylation is 1. The van der Waals surface area contributed by atoms with E-state index in [1.54, 1.807) is 6.20 Å². The molecule has 1 aromatic carbocycles. The molecule has 0 saturated heterocycles. The van der Waals surface area contributed by atoms with Crippen molar-refractivity contribution < 1.29 is 14.3 Å². The van der Waals surface area contributed by atoms with Gasteiger partial charge in [0.05, 0.1) is 23.1 Å². The molecular formula is C33H43ClN6O3. The molecule has 2 aromatic heterocycles. The zero-order valence-corrected chi connectivity index (χ0v) is 25.8. The average Bonchev–Trinajstić information content (AvgIpc) is 3.78. The Morgan fingerprint density at radius 2 is 1.84 bits per heavy atom. The van der Waals surface area contributed by atoms with Crippen LogP contribution in [0.2, 0.25) is 5.02 Å². The predicted molar refractivity (Wildman–Crippen MR) is 168 cm³/mol. The molecule has 0 spiro atoms. The zero-order valence-electron chi connectivity index (χ0n) is 25.1. The van der Waals surface area contributed by atoms with Crippen molar-refractivity contribution in [2.75, 3.05) is 11.9 Å². The molecule has 2 heterocycles. The SMILES string of the molecule is Cn1ncc(-c2nc(NC3CCC(N(CCCCCCC=O)C(=O)OCc4ccccc4)CC3)ncc2Cl)c1CC1CC1. The van der Waals surface area contributed by atoms with E-state index in [0.717, 1.165) is 92.5 Å². The monoisotopic (exact) mass is 606 g/mol. The first kappa shape index (κ1) is 31.0. The molecule has 43 heavy (non-hydrogen) atoms. The van der Waals surface area contributed by atoms with Crippen LogP contribution in [0.4, 0.5) is 10.7 Å². The highest BCUT2D eigenvalue weighted by Crippen LogP contribution is 2.37. The van der Waals surface area contributed by atoms with Crippen molar-refractivity contribution in [3.05, 3.63) is 59.0 Å². The second kappa shape index (κ2) is 15.3. The summed E-state index contributed by atoms with van der Waals surface area (Å²) in [5.41, 5.74) is 3.84. The lowest BCUT2D eigenvalue weighted by molar-refractivity contribution is -0.107. The van der Waals surface area contributed by atoms with Gasteiger partial charge < -0.3 is 19.7 Å². The number of ether oxygens (including phenoxy) is 1. The molecule has 10 heteroatoms. The van der Waals surface area contributed by atoms with Gasteiger partial charge in [0.1, 0.15) is 12.9 Å². The molecule has 9 nitrogen and oxygen atoms in total. The molecule has 0 atom stereocenters. The lowest BCUT2D eigenvalue weighted by Crippen LogP contribution is -2.44. The maximum Gasteiger partial charge on any atom is 0.410 e. The van der Waals surface area contributed by atoms with Crippen molar-refractivity contribution >= 4 is 29.9 Å². The van der Waals surface area contributed by atoms with Crippen LogP contribution in [0.5, 0.6) is 0 Å². The van der Waals surface area contributed by atoms with Crippen LogP contribution in [0.25, 0.3) is 11.3 Å². The van der Waals surface area contributed by atoms with Gasteiger partial charge in [0.2, 0.25) is 5.95 Å². The van der Waals surface area contributed by atoms with Crippen LogP contribution in [0.1, 0.15) is 81.9 Å². The second-order valence-corrected chi connectivity index (χ2v) is 12.3. The minimum Gasteiger partial charge on any atom is -0.445 e. The van der Waals surface area contributed by atoms with Crippen LogP contribution < -0.4 is 5.32 Å². The van der Waals surface area contributed by atoms with Gasteiger partial charge in [-0.25, -0.2) is 14.8 Å². The topological polar surface area (TPSA) is 102 Å². The van der Waals surface area contributed by atoms with Crippen LogP contribution >= 0.6 is 11.6 Å². The minimum absolute atomic E-state index is 0.123. The molecule has 0 bridgehead atoms. The predicted octanol–water partition coefficient (Wildman–Crippen LogP) is 6.99. The van der Waals surface area contributed by atoms with E-state index in [0.29, 0.717) is 23.9 Å². The third-order valence-corrected chi connectivity index (χ3v) is 8.90. The fourth-order valence-electron chi connectivity index (χ4n) is 5.93. The Labute approximate surface area is 259 Å². The average molecular weight is 607 g/mol. The number of aromatic nitrogens is 4. The largest absolute Gasteiger partial charge is 0.445 e. The molecule has 2 fully saturated rings. The third kappa shape index (κ3) is 8.78. The summed E-state index contributed by atoms with van der Waals surface area (Å²) in [6.45, 7) is 0.928. The molecule has 0 radical (unpaired) electrons. The number of benzene rings is 1. The van der Waals surface area contributed by atoms with Gasteiger partial charge in [-0.1, -0.05) is 54.8 Å². The number of rotatable bonds is 15. The Kier molecular flexibility index (Phi) is 11.0. The van der Waals surface area contributed by atoms with Gasteiger partial charge in [0, 0.05) is 43.4 Å². The van der Waals surface area contributed by atoms with Gasteiger partial charge in [-0.05, 0) is 69.3 Å². The fraction of sp³-hybridized carbons (Fsp3) is 0.545. The van der Waals surface area contributed by atoms with E-state index in [9.17, 15) is 9.59 Å². The number of nitrogens with one attached hydrogen (secondary N) is 1. The number of carbonyl (C=O) groups is 2. The van der Waals surface area contributed by atoms with Crippen LogP contribution in [0, 0.1) is 5.92 Å². The number of hydrogen-bond acceptors (Lipinski definition) is 7. The summed E-state index contributed by atoms with van der Waals surface area (Å²) in [5, 5.41) is 8.55. The first-order valence-corrected chi connectivity index (χ1v) is 16.1. The number of nitrogens with zero attached hydrogens (tertiary/aromatic N) is 5. The van der Waals surface area contributed by atoms with Crippen LogP contribution in [0.3, 0.4) is 0 Å². The van der Waals surface area contributed by atoms with E-state index in [2.05, 4.69) is 15.4 Å². The number of halogens is 1. The van der Waals surface area contributed by atoms with E-state index < -0.39 is 0 Å². The van der Waals surface area contributed by atoms with Crippen molar-refractivity contribution in [2.45, 2.75) is 95.7 Å². The van der Waals surface area contributed by atoms with Gasteiger partial charge in [0.25, 0.3) is 0 Å². The standard InChI is InChI=1S/C33H43ClN6O3/c1-39-30(20-24-12-13-24)28(21-36-39)31-29(34)22-35-32(38-31)37-26-14-16-27(17-15-26)40(18-8-3-2-4-9-19-41)33(42)43-23-25-10-6-5-7-11-25/h5-7,10-11,19,21-22,24,26-27H,2-4,8-9,12-18,20,23H2,1H3,(H,35,37,38). The molecule has 1 N–H and O–H groups in total. The summed E-state index contributed by atoms with van der Waals surface area (Å²) in [7, 11) is 1.97. The van der Waals surface area contributed by atoms with Crippen molar-refractivity contribution in [3.8, 4) is 11.3 Å². The quantitative estimate of drug-likeness (QED) is 0.147. The van der Waals surface area contributed by atoms with E-state index in [-0.39, 0.29) is 24.8 Å². The van der Waals surface area contributed by atoms with Gasteiger partial charge in [-0.15, -0.1) is 0 Å². The molecule has 230 valence electrons. The highest BCUT2D eigenvalue weighted by molar-refractivity contribution is 6.33. The number of amides is 1. The molecule has 5 rings (SSSR count). The maximum absolute atomic E-state index is 13.3. The molecule has 2 aliphatic rings. The van der Waals surface area contributed by atoms with Crippen molar-refractivity contribution in [2.24, 2.45) is 13.0 Å². The summed E-state index contributed by atoms with van der Waals surface area (Å²) in [6.07, 6.45) is 15.7. The Bertz CT molecular complexity index is 1340. The van der Waals surface area contributed by atoms with Gasteiger partial charge in [-0.3, -0.25) is 4.68 Å². The van der Waals surface area contributed by atoms with Crippen molar-refractivity contribution in [1.82, 2.24) is 24.6 Å². The number of anilines is 1. The van der Waals surface area contributed by atoms with Crippen LogP contribution in [-0.4, -0.2) is 55.7 Å². The lowest BCUT2D eigenvalue weighted by atomic mass is 9.90. The summed E-state index contributed by atoms with van der Waals surface area (Å²) in [5.74, 6) is 1.29. The number of hydrogen-bond donors (Lipinski definition) is 1. The van der Waals surface area contributed by atoms with E-state index in [1.807, 2.05) is 53.2 Å². The maximum atomic E-state index is 13.3.